The average molecular weight is 212 g/mol. The quantitative estimate of drug-likeness (QED) is 0.702. The first-order valence-corrected chi connectivity index (χ1v) is 5.95. The van der Waals surface area contributed by atoms with Crippen molar-refractivity contribution in [2.75, 3.05) is 6.61 Å². The fourth-order valence-corrected chi connectivity index (χ4v) is 2.40. The molecule has 0 spiro atoms. The van der Waals surface area contributed by atoms with Crippen LogP contribution in [0.4, 0.5) is 0 Å². The summed E-state index contributed by atoms with van der Waals surface area (Å²) in [4.78, 5) is 11.8. The highest BCUT2D eigenvalue weighted by molar-refractivity contribution is 5.81. The third kappa shape index (κ3) is 2.69. The molecule has 0 aromatic heterocycles. The van der Waals surface area contributed by atoms with Gasteiger partial charge in [-0.25, -0.2) is 0 Å². The molecule has 2 rings (SSSR count). The zero-order chi connectivity index (χ0) is 10.7. The number of carbonyl (C=O) groups excluding carboxylic acids is 1. The third-order valence-electron chi connectivity index (χ3n) is 3.37. The molecule has 2 fully saturated rings. The van der Waals surface area contributed by atoms with E-state index >= 15 is 0 Å². The van der Waals surface area contributed by atoms with Gasteiger partial charge < -0.3 is 15.8 Å². The van der Waals surface area contributed by atoms with Crippen molar-refractivity contribution in [1.29, 1.82) is 0 Å². The molecule has 86 valence electrons. The molecule has 1 amide bonds. The van der Waals surface area contributed by atoms with Crippen molar-refractivity contribution >= 4 is 5.91 Å². The van der Waals surface area contributed by atoms with Crippen molar-refractivity contribution in [2.24, 2.45) is 5.73 Å². The number of rotatable bonds is 2. The summed E-state index contributed by atoms with van der Waals surface area (Å²) in [5.41, 5.74) is 5.97. The van der Waals surface area contributed by atoms with Crippen LogP contribution < -0.4 is 11.1 Å². The minimum absolute atomic E-state index is 0.0369. The number of ether oxygens (including phenoxy) is 1. The summed E-state index contributed by atoms with van der Waals surface area (Å²) in [5.74, 6) is 0.0369. The maximum absolute atomic E-state index is 11.8. The summed E-state index contributed by atoms with van der Waals surface area (Å²) in [6.45, 7) is 0.717. The van der Waals surface area contributed by atoms with E-state index in [1.54, 1.807) is 0 Å². The summed E-state index contributed by atoms with van der Waals surface area (Å²) in [5, 5.41) is 3.02. The van der Waals surface area contributed by atoms with Gasteiger partial charge in [-0.3, -0.25) is 4.79 Å². The van der Waals surface area contributed by atoms with Crippen LogP contribution in [0.2, 0.25) is 0 Å². The van der Waals surface area contributed by atoms with Gasteiger partial charge in [-0.2, -0.15) is 0 Å². The lowest BCUT2D eigenvalue weighted by Gasteiger charge is -2.30. The van der Waals surface area contributed by atoms with E-state index in [0.717, 1.165) is 32.3 Å². The Kier molecular flexibility index (Phi) is 3.59. The largest absolute Gasteiger partial charge is 0.368 e. The van der Waals surface area contributed by atoms with Gasteiger partial charge in [0.15, 0.2) is 0 Å². The van der Waals surface area contributed by atoms with Gasteiger partial charge >= 0.3 is 0 Å². The molecule has 1 aliphatic carbocycles. The standard InChI is InChI=1S/C11H20N2O2/c12-8-4-1-2-5-9(8)13-11(14)10-6-3-7-15-10/h8-10H,1-7,12H2,(H,13,14). The molecule has 3 atom stereocenters. The molecule has 4 heteroatoms. The minimum Gasteiger partial charge on any atom is -0.368 e. The fourth-order valence-electron chi connectivity index (χ4n) is 2.40. The van der Waals surface area contributed by atoms with Crippen LogP contribution in [0, 0.1) is 0 Å². The lowest BCUT2D eigenvalue weighted by molar-refractivity contribution is -0.131. The zero-order valence-electron chi connectivity index (χ0n) is 9.08. The minimum atomic E-state index is -0.223. The molecule has 0 radical (unpaired) electrons. The predicted octanol–water partition coefficient (Wildman–Crippen LogP) is 0.551. The van der Waals surface area contributed by atoms with Crippen molar-refractivity contribution in [1.82, 2.24) is 5.32 Å². The van der Waals surface area contributed by atoms with Crippen molar-refractivity contribution in [3.05, 3.63) is 0 Å². The van der Waals surface area contributed by atoms with E-state index in [9.17, 15) is 4.79 Å². The molecular weight excluding hydrogens is 192 g/mol. The molecule has 0 bridgehead atoms. The Morgan fingerprint density at radius 1 is 1.20 bits per heavy atom. The monoisotopic (exact) mass is 212 g/mol. The Balaban J connectivity index is 1.81. The normalized spacial score (nSPS) is 36.5. The molecule has 1 aliphatic heterocycles. The number of hydrogen-bond acceptors (Lipinski definition) is 3. The Labute approximate surface area is 90.5 Å². The van der Waals surface area contributed by atoms with Crippen molar-refractivity contribution in [3.8, 4) is 0 Å². The van der Waals surface area contributed by atoms with Gasteiger partial charge in [-0.1, -0.05) is 12.8 Å². The number of hydrogen-bond donors (Lipinski definition) is 2. The SMILES string of the molecule is NC1CCCCC1NC(=O)C1CCCO1. The molecule has 2 aliphatic rings. The van der Waals surface area contributed by atoms with Gasteiger partial charge in [0.05, 0.1) is 0 Å². The van der Waals surface area contributed by atoms with Gasteiger partial charge in [-0.15, -0.1) is 0 Å². The molecule has 0 aromatic rings. The van der Waals surface area contributed by atoms with E-state index in [2.05, 4.69) is 5.32 Å². The van der Waals surface area contributed by atoms with Crippen LogP contribution in [0.5, 0.6) is 0 Å². The highest BCUT2D eigenvalue weighted by atomic mass is 16.5. The lowest BCUT2D eigenvalue weighted by atomic mass is 9.91. The van der Waals surface area contributed by atoms with Gasteiger partial charge in [-0.05, 0) is 25.7 Å². The van der Waals surface area contributed by atoms with Crippen molar-refractivity contribution in [3.63, 3.8) is 0 Å². The zero-order valence-corrected chi connectivity index (χ0v) is 9.08. The number of nitrogens with two attached hydrogens (primary N) is 1. The Hall–Kier alpha value is -0.610. The number of nitrogens with one attached hydrogen (secondary N) is 1. The number of carbonyl (C=O) groups is 1. The summed E-state index contributed by atoms with van der Waals surface area (Å²) in [7, 11) is 0. The Morgan fingerprint density at radius 2 is 2.00 bits per heavy atom. The highest BCUT2D eigenvalue weighted by Gasteiger charge is 2.28. The van der Waals surface area contributed by atoms with E-state index < -0.39 is 0 Å². The summed E-state index contributed by atoms with van der Waals surface area (Å²) in [6, 6.07) is 0.291. The first-order chi connectivity index (χ1) is 7.27. The van der Waals surface area contributed by atoms with Crippen LogP contribution in [0.25, 0.3) is 0 Å². The van der Waals surface area contributed by atoms with Crippen molar-refractivity contribution < 1.29 is 9.53 Å². The summed E-state index contributed by atoms with van der Waals surface area (Å²) >= 11 is 0. The van der Waals surface area contributed by atoms with E-state index in [4.69, 9.17) is 10.5 Å². The van der Waals surface area contributed by atoms with Gasteiger partial charge in [0.1, 0.15) is 6.10 Å². The van der Waals surface area contributed by atoms with E-state index in [1.165, 1.54) is 12.8 Å². The maximum atomic E-state index is 11.8. The van der Waals surface area contributed by atoms with Crippen LogP contribution in [0.3, 0.4) is 0 Å². The predicted molar refractivity (Wildman–Crippen MR) is 57.3 cm³/mol. The smallest absolute Gasteiger partial charge is 0.249 e. The fraction of sp³-hybridized carbons (Fsp3) is 0.909. The molecule has 1 saturated carbocycles. The second kappa shape index (κ2) is 4.94. The van der Waals surface area contributed by atoms with E-state index in [-0.39, 0.29) is 24.1 Å². The van der Waals surface area contributed by atoms with Crippen molar-refractivity contribution in [2.45, 2.75) is 56.7 Å². The second-order valence-corrected chi connectivity index (χ2v) is 4.57. The summed E-state index contributed by atoms with van der Waals surface area (Å²) < 4.78 is 5.34. The molecule has 0 aromatic carbocycles. The lowest BCUT2D eigenvalue weighted by Crippen LogP contribution is -2.51. The molecule has 1 saturated heterocycles. The molecule has 4 nitrogen and oxygen atoms in total. The van der Waals surface area contributed by atoms with Crippen LogP contribution in [-0.4, -0.2) is 30.7 Å². The van der Waals surface area contributed by atoms with E-state index in [0.29, 0.717) is 0 Å². The molecule has 1 heterocycles. The van der Waals surface area contributed by atoms with E-state index in [1.807, 2.05) is 0 Å². The van der Waals surface area contributed by atoms with Gasteiger partial charge in [0, 0.05) is 18.7 Å². The average Bonchev–Trinajstić information content (AvgIpc) is 2.74. The summed E-state index contributed by atoms with van der Waals surface area (Å²) in [6.07, 6.45) is 6.02. The molecular formula is C11H20N2O2. The first-order valence-electron chi connectivity index (χ1n) is 5.95. The maximum Gasteiger partial charge on any atom is 0.249 e. The topological polar surface area (TPSA) is 64.3 Å². The van der Waals surface area contributed by atoms with Crippen LogP contribution >= 0.6 is 0 Å². The van der Waals surface area contributed by atoms with Gasteiger partial charge in [0.2, 0.25) is 5.91 Å². The highest BCUT2D eigenvalue weighted by Crippen LogP contribution is 2.18. The van der Waals surface area contributed by atoms with Gasteiger partial charge in [0.25, 0.3) is 0 Å². The van der Waals surface area contributed by atoms with Crippen LogP contribution in [0.15, 0.2) is 0 Å². The third-order valence-corrected chi connectivity index (χ3v) is 3.37. The van der Waals surface area contributed by atoms with Crippen LogP contribution in [0.1, 0.15) is 38.5 Å². The second-order valence-electron chi connectivity index (χ2n) is 4.57. The van der Waals surface area contributed by atoms with Crippen LogP contribution in [-0.2, 0) is 9.53 Å². The molecule has 3 N–H and O–H groups in total. The molecule has 15 heavy (non-hydrogen) atoms. The Morgan fingerprint density at radius 3 is 2.67 bits per heavy atom. The Bertz CT molecular complexity index is 227. The molecule has 3 unspecified atom stereocenters. The first kappa shape index (κ1) is 10.9. The number of amides is 1.